The normalized spacial score (nSPS) is 15.8. The first-order valence-corrected chi connectivity index (χ1v) is 11.0. The molecule has 1 aliphatic rings. The Morgan fingerprint density at radius 2 is 1.86 bits per heavy atom. The molecule has 3 heterocycles. The molecule has 0 saturated carbocycles. The van der Waals surface area contributed by atoms with Crippen LogP contribution in [0.3, 0.4) is 0 Å². The minimum atomic E-state index is -0.737. The van der Waals surface area contributed by atoms with Gasteiger partial charge in [0.05, 0.1) is 18.3 Å². The third-order valence-corrected chi connectivity index (χ3v) is 5.94. The van der Waals surface area contributed by atoms with Crippen molar-refractivity contribution >= 4 is 17.0 Å². The number of likely N-dealkylation sites (tertiary alicyclic amines) is 1. The van der Waals surface area contributed by atoms with Gasteiger partial charge in [-0.05, 0) is 37.6 Å². The maximum absolute atomic E-state index is 13.6. The van der Waals surface area contributed by atoms with Gasteiger partial charge in [0.15, 0.2) is 11.5 Å². The Morgan fingerprint density at radius 1 is 1.11 bits per heavy atom. The minimum absolute atomic E-state index is 0.0280. The fourth-order valence-corrected chi connectivity index (χ4v) is 4.38. The summed E-state index contributed by atoms with van der Waals surface area (Å²) >= 11 is 0. The third kappa shape index (κ3) is 4.34. The quantitative estimate of drug-likeness (QED) is 0.444. The Morgan fingerprint density at radius 3 is 2.57 bits per heavy atom. The lowest BCUT2D eigenvalue weighted by Crippen LogP contribution is -2.29. The predicted molar refractivity (Wildman–Crippen MR) is 128 cm³/mol. The summed E-state index contributed by atoms with van der Waals surface area (Å²) in [6, 6.07) is 9.41. The van der Waals surface area contributed by atoms with Crippen LogP contribution in [0.25, 0.3) is 16.9 Å². The van der Waals surface area contributed by atoms with Gasteiger partial charge in [0.1, 0.15) is 35.0 Å². The van der Waals surface area contributed by atoms with E-state index in [2.05, 4.69) is 26.7 Å². The number of benzene rings is 2. The number of imidazole rings is 1. The van der Waals surface area contributed by atoms with E-state index in [0.717, 1.165) is 31.2 Å². The molecule has 0 aliphatic carbocycles. The summed E-state index contributed by atoms with van der Waals surface area (Å²) < 4.78 is 35.7. The average molecular weight is 476 g/mol. The van der Waals surface area contributed by atoms with Crippen molar-refractivity contribution in [1.82, 2.24) is 24.0 Å². The van der Waals surface area contributed by atoms with E-state index in [9.17, 15) is 13.6 Å². The lowest BCUT2D eigenvalue weighted by atomic mass is 10.2. The van der Waals surface area contributed by atoms with E-state index in [1.165, 1.54) is 10.9 Å². The maximum atomic E-state index is 13.6. The van der Waals surface area contributed by atoms with Crippen LogP contribution in [0.2, 0.25) is 0 Å². The first-order valence-electron chi connectivity index (χ1n) is 11.0. The summed E-state index contributed by atoms with van der Waals surface area (Å²) in [5.74, 6) is 5.06. The molecule has 178 valence electrons. The highest BCUT2D eigenvalue weighted by Gasteiger charge is 2.29. The molecule has 2 aromatic carbocycles. The number of rotatable bonds is 5. The molecular weight excluding hydrogens is 454 g/mol. The highest BCUT2D eigenvalue weighted by molar-refractivity contribution is 5.84. The second-order valence-electron chi connectivity index (χ2n) is 8.22. The molecule has 2 aromatic heterocycles. The number of nitrogen functional groups attached to an aromatic ring is 1. The molecule has 0 unspecified atom stereocenters. The Hall–Kier alpha value is -4.23. The molecule has 8 nitrogen and oxygen atoms in total. The zero-order valence-corrected chi connectivity index (χ0v) is 18.9. The standard InChI is InChI=1S/C25H22F2N6O2/c1-2-3-9-31-10-8-19(14-31)33-24-22(23(28)29-15-30-24)32(25(33)34)18-4-6-20(7-5-18)35-21-12-16(26)11-17(27)13-21/h4-7,11-13,15,19H,8-10,14H2,1H3,(H2,28,29,30)/t19-/m1/s1. The summed E-state index contributed by atoms with van der Waals surface area (Å²) in [5.41, 5.74) is 7.32. The Bertz CT molecular complexity index is 1500. The van der Waals surface area contributed by atoms with Gasteiger partial charge in [-0.2, -0.15) is 0 Å². The SMILES string of the molecule is CC#CCN1CC[C@@H](n2c(=O)n(-c3ccc(Oc4cc(F)cc(F)c4)cc3)c3c(N)ncnc32)C1. The molecule has 2 N–H and O–H groups in total. The van der Waals surface area contributed by atoms with Crippen molar-refractivity contribution in [3.8, 4) is 29.0 Å². The average Bonchev–Trinajstić information content (AvgIpc) is 3.40. The number of fused-ring (bicyclic) bond motifs is 1. The van der Waals surface area contributed by atoms with Crippen LogP contribution in [-0.2, 0) is 0 Å². The van der Waals surface area contributed by atoms with E-state index in [0.29, 0.717) is 35.7 Å². The van der Waals surface area contributed by atoms with Crippen molar-refractivity contribution in [2.24, 2.45) is 0 Å². The molecule has 4 aromatic rings. The predicted octanol–water partition coefficient (Wildman–Crippen LogP) is 3.51. The monoisotopic (exact) mass is 476 g/mol. The summed E-state index contributed by atoms with van der Waals surface area (Å²) in [5, 5.41) is 0. The molecule has 10 heteroatoms. The number of hydrogen-bond donors (Lipinski definition) is 1. The molecule has 0 spiro atoms. The van der Waals surface area contributed by atoms with Gasteiger partial charge in [-0.3, -0.25) is 14.0 Å². The third-order valence-electron chi connectivity index (χ3n) is 5.94. The number of anilines is 1. The molecule has 5 rings (SSSR count). The molecule has 1 atom stereocenters. The van der Waals surface area contributed by atoms with Crippen LogP contribution >= 0.6 is 0 Å². The van der Waals surface area contributed by atoms with Gasteiger partial charge >= 0.3 is 5.69 Å². The first kappa shape index (κ1) is 22.6. The number of hydrogen-bond acceptors (Lipinski definition) is 6. The molecule has 0 amide bonds. The highest BCUT2D eigenvalue weighted by atomic mass is 19.1. The van der Waals surface area contributed by atoms with Gasteiger partial charge in [0.25, 0.3) is 0 Å². The zero-order valence-electron chi connectivity index (χ0n) is 18.9. The van der Waals surface area contributed by atoms with Gasteiger partial charge in [-0.1, -0.05) is 5.92 Å². The fraction of sp³-hybridized carbons (Fsp3) is 0.240. The largest absolute Gasteiger partial charge is 0.457 e. The van der Waals surface area contributed by atoms with Crippen LogP contribution < -0.4 is 16.2 Å². The van der Waals surface area contributed by atoms with Crippen LogP contribution in [-0.4, -0.2) is 43.6 Å². The van der Waals surface area contributed by atoms with E-state index in [4.69, 9.17) is 10.5 Å². The van der Waals surface area contributed by atoms with Crippen molar-refractivity contribution in [2.75, 3.05) is 25.4 Å². The zero-order chi connectivity index (χ0) is 24.5. The van der Waals surface area contributed by atoms with E-state index in [-0.39, 0.29) is 23.3 Å². The summed E-state index contributed by atoms with van der Waals surface area (Å²) in [7, 11) is 0. The summed E-state index contributed by atoms with van der Waals surface area (Å²) in [6.07, 6.45) is 2.13. The van der Waals surface area contributed by atoms with Gasteiger partial charge in [0, 0.05) is 31.3 Å². The van der Waals surface area contributed by atoms with Crippen molar-refractivity contribution in [3.63, 3.8) is 0 Å². The smallest absolute Gasteiger partial charge is 0.335 e. The maximum Gasteiger partial charge on any atom is 0.335 e. The lowest BCUT2D eigenvalue weighted by Gasteiger charge is -2.13. The summed E-state index contributed by atoms with van der Waals surface area (Å²) in [4.78, 5) is 24.3. The first-order chi connectivity index (χ1) is 16.9. The van der Waals surface area contributed by atoms with E-state index in [1.807, 2.05) is 0 Å². The van der Waals surface area contributed by atoms with Crippen LogP contribution in [0.4, 0.5) is 14.6 Å². The van der Waals surface area contributed by atoms with Crippen LogP contribution in [0.5, 0.6) is 11.5 Å². The minimum Gasteiger partial charge on any atom is -0.457 e. The number of ether oxygens (including phenoxy) is 1. The van der Waals surface area contributed by atoms with Gasteiger partial charge < -0.3 is 10.5 Å². The molecule has 1 aliphatic heterocycles. The fourth-order valence-electron chi connectivity index (χ4n) is 4.38. The van der Waals surface area contributed by atoms with Crippen LogP contribution in [0, 0.1) is 23.5 Å². The Labute approximate surface area is 199 Å². The highest BCUT2D eigenvalue weighted by Crippen LogP contribution is 2.29. The molecule has 0 radical (unpaired) electrons. The van der Waals surface area contributed by atoms with E-state index >= 15 is 0 Å². The number of halogens is 2. The second-order valence-corrected chi connectivity index (χ2v) is 8.22. The van der Waals surface area contributed by atoms with Crippen molar-refractivity contribution in [2.45, 2.75) is 19.4 Å². The van der Waals surface area contributed by atoms with Crippen molar-refractivity contribution in [3.05, 3.63) is 70.9 Å². The van der Waals surface area contributed by atoms with Crippen molar-refractivity contribution in [1.29, 1.82) is 0 Å². The molecule has 0 bridgehead atoms. The van der Waals surface area contributed by atoms with E-state index < -0.39 is 11.6 Å². The van der Waals surface area contributed by atoms with Gasteiger partial charge in [-0.25, -0.2) is 23.5 Å². The molecule has 1 saturated heterocycles. The Balaban J connectivity index is 1.51. The number of nitrogens with two attached hydrogens (primary N) is 1. The lowest BCUT2D eigenvalue weighted by molar-refractivity contribution is 0.362. The summed E-state index contributed by atoms with van der Waals surface area (Å²) in [6.45, 7) is 3.95. The van der Waals surface area contributed by atoms with Crippen LogP contribution in [0.15, 0.2) is 53.6 Å². The van der Waals surface area contributed by atoms with E-state index in [1.54, 1.807) is 35.8 Å². The molecule has 35 heavy (non-hydrogen) atoms. The topological polar surface area (TPSA) is 91.2 Å². The van der Waals surface area contributed by atoms with Crippen LogP contribution in [0.1, 0.15) is 19.4 Å². The van der Waals surface area contributed by atoms with Gasteiger partial charge in [0.2, 0.25) is 0 Å². The molecular formula is C25H22F2N6O2. The number of nitrogens with zero attached hydrogens (tertiary/aromatic N) is 5. The molecule has 1 fully saturated rings. The van der Waals surface area contributed by atoms with Gasteiger partial charge in [-0.15, -0.1) is 5.92 Å². The number of aromatic nitrogens is 4. The van der Waals surface area contributed by atoms with Crippen molar-refractivity contribution < 1.29 is 13.5 Å². The Kier molecular flexibility index (Phi) is 5.93. The second kappa shape index (κ2) is 9.19.